The van der Waals surface area contributed by atoms with Crippen molar-refractivity contribution in [3.8, 4) is 22.8 Å². The lowest BCUT2D eigenvalue weighted by molar-refractivity contribution is 0.396. The smallest absolute Gasteiger partial charge is 0.345 e. The summed E-state index contributed by atoms with van der Waals surface area (Å²) in [5.74, 6) is 0.141. The number of benzene rings is 1. The topological polar surface area (TPSA) is 64.2 Å². The summed E-state index contributed by atoms with van der Waals surface area (Å²) >= 11 is 0. The number of methoxy groups -OCH3 is 2. The van der Waals surface area contributed by atoms with Crippen molar-refractivity contribution in [2.45, 2.75) is 0 Å². The number of hydrogen-bond donors (Lipinski definition) is 1. The van der Waals surface area contributed by atoms with Crippen LogP contribution >= 0.6 is 0 Å². The van der Waals surface area contributed by atoms with E-state index in [0.717, 1.165) is 6.20 Å². The molecule has 0 aliphatic heterocycles. The van der Waals surface area contributed by atoms with E-state index in [1.165, 1.54) is 14.2 Å². The van der Waals surface area contributed by atoms with E-state index in [4.69, 9.17) is 9.47 Å². The largest absolute Gasteiger partial charge is 0.496 e. The maximum Gasteiger partial charge on any atom is 0.345 e. The van der Waals surface area contributed by atoms with Gasteiger partial charge in [0.15, 0.2) is 5.82 Å². The van der Waals surface area contributed by atoms with Crippen LogP contribution in [0.1, 0.15) is 0 Å². The van der Waals surface area contributed by atoms with Crippen molar-refractivity contribution >= 4 is 0 Å². The van der Waals surface area contributed by atoms with Crippen LogP contribution in [0, 0.1) is 5.82 Å². The van der Waals surface area contributed by atoms with Crippen LogP contribution in [-0.2, 0) is 0 Å². The third-order valence-corrected chi connectivity index (χ3v) is 2.44. The summed E-state index contributed by atoms with van der Waals surface area (Å²) in [6.45, 7) is 0. The summed E-state index contributed by atoms with van der Waals surface area (Å²) in [6.07, 6.45) is 0.861. The van der Waals surface area contributed by atoms with E-state index in [1.807, 2.05) is 0 Å². The molecule has 0 unspecified atom stereocenters. The number of nitrogens with one attached hydrogen (secondary N) is 1. The Labute approximate surface area is 102 Å². The number of nitrogens with zero attached hydrogens (tertiary/aromatic N) is 1. The molecule has 1 heterocycles. The summed E-state index contributed by atoms with van der Waals surface area (Å²) in [5, 5.41) is 0. The lowest BCUT2D eigenvalue weighted by atomic mass is 10.1. The Morgan fingerprint density at radius 3 is 2.39 bits per heavy atom. The Bertz CT molecular complexity index is 603. The number of H-pyrrole nitrogens is 1. The van der Waals surface area contributed by atoms with E-state index >= 15 is 0 Å². The van der Waals surface area contributed by atoms with Gasteiger partial charge in [0, 0.05) is 0 Å². The molecule has 0 amide bonds. The zero-order chi connectivity index (χ0) is 13.1. The van der Waals surface area contributed by atoms with Gasteiger partial charge in [-0.2, -0.15) is 4.98 Å². The number of hydrogen-bond acceptors (Lipinski definition) is 4. The molecule has 94 valence electrons. The van der Waals surface area contributed by atoms with E-state index in [-0.39, 0.29) is 5.69 Å². The second kappa shape index (κ2) is 4.87. The van der Waals surface area contributed by atoms with Gasteiger partial charge in [-0.1, -0.05) is 6.07 Å². The molecule has 1 aromatic heterocycles. The van der Waals surface area contributed by atoms with Crippen LogP contribution in [0.4, 0.5) is 4.39 Å². The molecule has 5 nitrogen and oxygen atoms in total. The standard InChI is InChI=1S/C12H11FN2O3/c1-17-8-4-3-5-9(18-2)10(8)11-7(13)6-14-12(16)15-11/h3-6H,1-2H3,(H,14,15,16). The predicted molar refractivity (Wildman–Crippen MR) is 63.4 cm³/mol. The number of ether oxygens (including phenoxy) is 2. The SMILES string of the molecule is COc1cccc(OC)c1-c1[nH]c(=O)ncc1F. The fourth-order valence-corrected chi connectivity index (χ4v) is 1.66. The molecule has 0 spiro atoms. The Balaban J connectivity index is 2.76. The van der Waals surface area contributed by atoms with Gasteiger partial charge in [-0.25, -0.2) is 9.18 Å². The maximum absolute atomic E-state index is 13.7. The summed E-state index contributed by atoms with van der Waals surface area (Å²) in [7, 11) is 2.91. The Hall–Kier alpha value is -2.37. The van der Waals surface area contributed by atoms with Crippen molar-refractivity contribution in [1.29, 1.82) is 0 Å². The molecule has 18 heavy (non-hydrogen) atoms. The van der Waals surface area contributed by atoms with Crippen LogP contribution in [0.3, 0.4) is 0 Å². The molecule has 1 N–H and O–H groups in total. The van der Waals surface area contributed by atoms with Gasteiger partial charge in [0.1, 0.15) is 11.5 Å². The van der Waals surface area contributed by atoms with Crippen LogP contribution in [0.15, 0.2) is 29.2 Å². The van der Waals surface area contributed by atoms with Gasteiger partial charge in [0.2, 0.25) is 0 Å². The van der Waals surface area contributed by atoms with Gasteiger partial charge < -0.3 is 14.5 Å². The number of aromatic amines is 1. The highest BCUT2D eigenvalue weighted by Gasteiger charge is 2.17. The van der Waals surface area contributed by atoms with Crippen LogP contribution < -0.4 is 15.2 Å². The second-order valence-electron chi connectivity index (χ2n) is 3.45. The van der Waals surface area contributed by atoms with Crippen LogP contribution in [-0.4, -0.2) is 24.2 Å². The van der Waals surface area contributed by atoms with Gasteiger partial charge in [-0.05, 0) is 12.1 Å². The summed E-state index contributed by atoms with van der Waals surface area (Å²) < 4.78 is 24.0. The van der Waals surface area contributed by atoms with Crippen LogP contribution in [0.5, 0.6) is 11.5 Å². The van der Waals surface area contributed by atoms with Crippen LogP contribution in [0.25, 0.3) is 11.3 Å². The highest BCUT2D eigenvalue weighted by Crippen LogP contribution is 2.37. The molecule has 6 heteroatoms. The minimum Gasteiger partial charge on any atom is -0.496 e. The zero-order valence-electron chi connectivity index (χ0n) is 9.86. The minimum atomic E-state index is -0.655. The van der Waals surface area contributed by atoms with Gasteiger partial charge >= 0.3 is 5.69 Å². The molecule has 1 aromatic carbocycles. The van der Waals surface area contributed by atoms with Crippen molar-refractivity contribution in [2.24, 2.45) is 0 Å². The predicted octanol–water partition coefficient (Wildman–Crippen LogP) is 1.59. The third kappa shape index (κ3) is 2.04. The first kappa shape index (κ1) is 12.1. The molecule has 0 atom stereocenters. The van der Waals surface area contributed by atoms with E-state index < -0.39 is 11.5 Å². The first-order chi connectivity index (χ1) is 8.67. The molecule has 0 fully saturated rings. The number of halogens is 1. The van der Waals surface area contributed by atoms with E-state index in [9.17, 15) is 9.18 Å². The molecule has 0 radical (unpaired) electrons. The normalized spacial score (nSPS) is 10.2. The van der Waals surface area contributed by atoms with Crippen molar-refractivity contribution in [3.63, 3.8) is 0 Å². The molecular weight excluding hydrogens is 239 g/mol. The average molecular weight is 250 g/mol. The van der Waals surface area contributed by atoms with Gasteiger partial charge in [0.05, 0.1) is 31.7 Å². The minimum absolute atomic E-state index is 0.00991. The van der Waals surface area contributed by atoms with Crippen molar-refractivity contribution in [2.75, 3.05) is 14.2 Å². The van der Waals surface area contributed by atoms with Gasteiger partial charge in [-0.15, -0.1) is 0 Å². The van der Waals surface area contributed by atoms with Crippen molar-refractivity contribution in [1.82, 2.24) is 9.97 Å². The number of rotatable bonds is 3. The fraction of sp³-hybridized carbons (Fsp3) is 0.167. The first-order valence-electron chi connectivity index (χ1n) is 5.13. The number of aromatic nitrogens is 2. The van der Waals surface area contributed by atoms with E-state index in [1.54, 1.807) is 18.2 Å². The lowest BCUT2D eigenvalue weighted by Gasteiger charge is -2.12. The summed E-state index contributed by atoms with van der Waals surface area (Å²) in [5.41, 5.74) is -0.303. The highest BCUT2D eigenvalue weighted by atomic mass is 19.1. The Morgan fingerprint density at radius 2 is 1.83 bits per heavy atom. The molecule has 2 aromatic rings. The van der Waals surface area contributed by atoms with Gasteiger partial charge in [-0.3, -0.25) is 0 Å². The average Bonchev–Trinajstić information content (AvgIpc) is 2.40. The Kier molecular flexibility index (Phi) is 3.27. The second-order valence-corrected chi connectivity index (χ2v) is 3.45. The monoisotopic (exact) mass is 250 g/mol. The lowest BCUT2D eigenvalue weighted by Crippen LogP contribution is -2.12. The first-order valence-corrected chi connectivity index (χ1v) is 5.13. The molecule has 0 aliphatic carbocycles. The highest BCUT2D eigenvalue weighted by molar-refractivity contribution is 5.74. The molecule has 0 aliphatic rings. The Morgan fingerprint density at radius 1 is 1.22 bits per heavy atom. The third-order valence-electron chi connectivity index (χ3n) is 2.44. The van der Waals surface area contributed by atoms with E-state index in [2.05, 4.69) is 9.97 Å². The fourth-order valence-electron chi connectivity index (χ4n) is 1.66. The zero-order valence-corrected chi connectivity index (χ0v) is 9.86. The van der Waals surface area contributed by atoms with Gasteiger partial charge in [0.25, 0.3) is 0 Å². The van der Waals surface area contributed by atoms with Crippen molar-refractivity contribution < 1.29 is 13.9 Å². The molecule has 2 rings (SSSR count). The molecule has 0 bridgehead atoms. The summed E-state index contributed by atoms with van der Waals surface area (Å²) in [6, 6.07) is 5.00. The maximum atomic E-state index is 13.7. The van der Waals surface area contributed by atoms with Crippen molar-refractivity contribution in [3.05, 3.63) is 40.7 Å². The molecule has 0 saturated carbocycles. The summed E-state index contributed by atoms with van der Waals surface area (Å²) in [4.78, 5) is 16.8. The molecule has 0 saturated heterocycles. The quantitative estimate of drug-likeness (QED) is 0.898. The molecular formula is C12H11FN2O3. The van der Waals surface area contributed by atoms with Crippen LogP contribution in [0.2, 0.25) is 0 Å². The van der Waals surface area contributed by atoms with E-state index in [0.29, 0.717) is 17.1 Å².